The molecule has 0 amide bonds. The molecule has 0 radical (unpaired) electrons. The highest BCUT2D eigenvalue weighted by atomic mass is 14.9. The van der Waals surface area contributed by atoms with Gasteiger partial charge < -0.3 is 5.32 Å². The molecule has 0 heterocycles. The van der Waals surface area contributed by atoms with Gasteiger partial charge in [-0.2, -0.15) is 0 Å². The molecule has 1 N–H and O–H groups in total. The third-order valence-electron chi connectivity index (χ3n) is 3.61. The second kappa shape index (κ2) is 6.01. The third-order valence-corrected chi connectivity index (χ3v) is 3.61. The molecule has 1 aliphatic carbocycles. The summed E-state index contributed by atoms with van der Waals surface area (Å²) in [4.78, 5) is 0. The fourth-order valence-electron chi connectivity index (χ4n) is 2.81. The van der Waals surface area contributed by atoms with Crippen molar-refractivity contribution in [3.05, 3.63) is 60.2 Å². The lowest BCUT2D eigenvalue weighted by molar-refractivity contribution is 0.454. The Morgan fingerprint density at radius 1 is 1.17 bits per heavy atom. The van der Waals surface area contributed by atoms with Crippen LogP contribution in [0.4, 0.5) is 0 Å². The summed E-state index contributed by atoms with van der Waals surface area (Å²) in [6.45, 7) is 5.46. The van der Waals surface area contributed by atoms with Crippen molar-refractivity contribution in [2.75, 3.05) is 6.54 Å². The van der Waals surface area contributed by atoms with Crippen molar-refractivity contribution in [3.8, 4) is 0 Å². The molecule has 96 valence electrons. The Balaban J connectivity index is 2.27. The second-order valence-corrected chi connectivity index (χ2v) is 5.11. The van der Waals surface area contributed by atoms with Crippen molar-refractivity contribution in [1.82, 2.24) is 5.32 Å². The Morgan fingerprint density at radius 3 is 2.44 bits per heavy atom. The number of rotatable bonds is 5. The van der Waals surface area contributed by atoms with Crippen molar-refractivity contribution in [2.45, 2.75) is 38.1 Å². The molecule has 1 unspecified atom stereocenters. The first kappa shape index (κ1) is 13.1. The van der Waals surface area contributed by atoms with E-state index in [0.717, 1.165) is 19.4 Å². The third kappa shape index (κ3) is 2.91. The molecule has 0 spiro atoms. The molecule has 0 bridgehead atoms. The van der Waals surface area contributed by atoms with E-state index in [1.807, 2.05) is 0 Å². The maximum atomic E-state index is 3.52. The zero-order valence-electron chi connectivity index (χ0n) is 11.4. The van der Waals surface area contributed by atoms with Gasteiger partial charge in [-0.25, -0.2) is 0 Å². The smallest absolute Gasteiger partial charge is 0.0327 e. The molecule has 1 aromatic carbocycles. The Kier molecular flexibility index (Phi) is 4.38. The summed E-state index contributed by atoms with van der Waals surface area (Å²) in [6.07, 6.45) is 11.5. The van der Waals surface area contributed by atoms with E-state index in [0.29, 0.717) is 6.04 Å². The normalized spacial score (nSPS) is 18.8. The van der Waals surface area contributed by atoms with Gasteiger partial charge in [0.15, 0.2) is 0 Å². The van der Waals surface area contributed by atoms with Gasteiger partial charge in [-0.3, -0.25) is 0 Å². The maximum Gasteiger partial charge on any atom is 0.0327 e. The molecule has 0 fully saturated rings. The minimum Gasteiger partial charge on any atom is -0.314 e. The largest absolute Gasteiger partial charge is 0.314 e. The van der Waals surface area contributed by atoms with Crippen molar-refractivity contribution in [1.29, 1.82) is 0 Å². The predicted molar refractivity (Wildman–Crippen MR) is 78.8 cm³/mol. The minimum atomic E-state index is 0.0705. The molecule has 0 aliphatic heterocycles. The first-order chi connectivity index (χ1) is 8.77. The van der Waals surface area contributed by atoms with Gasteiger partial charge in [-0.1, -0.05) is 61.6 Å². The summed E-state index contributed by atoms with van der Waals surface area (Å²) in [5.41, 5.74) is 1.46. The van der Waals surface area contributed by atoms with Crippen LogP contribution in [-0.4, -0.2) is 12.6 Å². The molecule has 1 aromatic rings. The summed E-state index contributed by atoms with van der Waals surface area (Å²) >= 11 is 0. The standard InChI is InChI=1S/C17H23N/c1-3-18-15(2)14-17(12-8-5-9-13-17)16-10-6-4-7-11-16/h4,6-13,15,18H,3,5,14H2,1-2H3. The van der Waals surface area contributed by atoms with Crippen LogP contribution >= 0.6 is 0 Å². The van der Waals surface area contributed by atoms with Gasteiger partial charge >= 0.3 is 0 Å². The van der Waals surface area contributed by atoms with Gasteiger partial charge in [0.2, 0.25) is 0 Å². The Hall–Kier alpha value is -1.34. The van der Waals surface area contributed by atoms with Gasteiger partial charge in [0, 0.05) is 11.5 Å². The average Bonchev–Trinajstić information content (AvgIpc) is 2.41. The lowest BCUT2D eigenvalue weighted by Gasteiger charge is -2.33. The lowest BCUT2D eigenvalue weighted by Crippen LogP contribution is -2.34. The van der Waals surface area contributed by atoms with Crippen LogP contribution in [0.3, 0.4) is 0 Å². The SMILES string of the molecule is CCNC(C)CC1(c2ccccc2)C=CCC=C1. The van der Waals surface area contributed by atoms with Crippen LogP contribution < -0.4 is 5.32 Å². The summed E-state index contributed by atoms with van der Waals surface area (Å²) in [6, 6.07) is 11.3. The molecule has 18 heavy (non-hydrogen) atoms. The van der Waals surface area contributed by atoms with E-state index in [9.17, 15) is 0 Å². The topological polar surface area (TPSA) is 12.0 Å². The zero-order valence-corrected chi connectivity index (χ0v) is 11.4. The van der Waals surface area contributed by atoms with Crippen LogP contribution in [0.2, 0.25) is 0 Å². The maximum absolute atomic E-state index is 3.52. The van der Waals surface area contributed by atoms with E-state index in [1.165, 1.54) is 5.56 Å². The number of allylic oxidation sites excluding steroid dienone is 4. The fraction of sp³-hybridized carbons (Fsp3) is 0.412. The van der Waals surface area contributed by atoms with Crippen LogP contribution in [-0.2, 0) is 5.41 Å². The molecular weight excluding hydrogens is 218 g/mol. The van der Waals surface area contributed by atoms with Crippen molar-refractivity contribution < 1.29 is 0 Å². The molecule has 1 atom stereocenters. The van der Waals surface area contributed by atoms with E-state index < -0.39 is 0 Å². The van der Waals surface area contributed by atoms with Crippen LogP contribution in [0.1, 0.15) is 32.3 Å². The fourth-order valence-corrected chi connectivity index (χ4v) is 2.81. The first-order valence-electron chi connectivity index (χ1n) is 6.91. The van der Waals surface area contributed by atoms with Crippen molar-refractivity contribution >= 4 is 0 Å². The molecule has 1 aliphatic rings. The zero-order chi connectivity index (χ0) is 12.8. The van der Waals surface area contributed by atoms with E-state index in [-0.39, 0.29) is 5.41 Å². The van der Waals surface area contributed by atoms with Gasteiger partial charge in [-0.05, 0) is 31.9 Å². The number of hydrogen-bond acceptors (Lipinski definition) is 1. The van der Waals surface area contributed by atoms with Gasteiger partial charge in [-0.15, -0.1) is 0 Å². The summed E-state index contributed by atoms with van der Waals surface area (Å²) in [5, 5.41) is 3.52. The van der Waals surface area contributed by atoms with Crippen LogP contribution in [0.15, 0.2) is 54.6 Å². The quantitative estimate of drug-likeness (QED) is 0.773. The highest BCUT2D eigenvalue weighted by molar-refractivity contribution is 5.39. The minimum absolute atomic E-state index is 0.0705. The number of hydrogen-bond donors (Lipinski definition) is 1. The summed E-state index contributed by atoms with van der Waals surface area (Å²) < 4.78 is 0. The van der Waals surface area contributed by atoms with Crippen LogP contribution in [0.5, 0.6) is 0 Å². The highest BCUT2D eigenvalue weighted by Crippen LogP contribution is 2.35. The van der Waals surface area contributed by atoms with E-state index in [1.54, 1.807) is 0 Å². The predicted octanol–water partition coefficient (Wildman–Crippen LogP) is 3.83. The summed E-state index contributed by atoms with van der Waals surface area (Å²) in [5.74, 6) is 0. The molecule has 0 aromatic heterocycles. The molecule has 0 saturated carbocycles. The monoisotopic (exact) mass is 241 g/mol. The molecular formula is C17H23N. The molecule has 1 nitrogen and oxygen atoms in total. The lowest BCUT2D eigenvalue weighted by atomic mass is 9.73. The first-order valence-corrected chi connectivity index (χ1v) is 6.91. The van der Waals surface area contributed by atoms with Gasteiger partial charge in [0.1, 0.15) is 0 Å². The Morgan fingerprint density at radius 2 is 1.83 bits per heavy atom. The van der Waals surface area contributed by atoms with Crippen LogP contribution in [0, 0.1) is 0 Å². The van der Waals surface area contributed by atoms with Gasteiger partial charge in [0.05, 0.1) is 0 Å². The average molecular weight is 241 g/mol. The van der Waals surface area contributed by atoms with Gasteiger partial charge in [0.25, 0.3) is 0 Å². The number of nitrogens with one attached hydrogen (secondary N) is 1. The highest BCUT2D eigenvalue weighted by Gasteiger charge is 2.29. The summed E-state index contributed by atoms with van der Waals surface area (Å²) in [7, 11) is 0. The van der Waals surface area contributed by atoms with E-state index in [2.05, 4.69) is 73.8 Å². The molecule has 0 saturated heterocycles. The molecule has 2 rings (SSSR count). The second-order valence-electron chi connectivity index (χ2n) is 5.11. The van der Waals surface area contributed by atoms with E-state index >= 15 is 0 Å². The Bertz CT molecular complexity index is 404. The van der Waals surface area contributed by atoms with E-state index in [4.69, 9.17) is 0 Å². The molecule has 1 heteroatoms. The van der Waals surface area contributed by atoms with Crippen LogP contribution in [0.25, 0.3) is 0 Å². The van der Waals surface area contributed by atoms with Crippen molar-refractivity contribution in [2.24, 2.45) is 0 Å². The van der Waals surface area contributed by atoms with Crippen molar-refractivity contribution in [3.63, 3.8) is 0 Å². The Labute approximate surface area is 111 Å². The number of benzene rings is 1.